The fourth-order valence-corrected chi connectivity index (χ4v) is 3.31. The van der Waals surface area contributed by atoms with Crippen molar-refractivity contribution in [2.45, 2.75) is 32.6 Å². The number of hydrogen-bond acceptors (Lipinski definition) is 3. The van der Waals surface area contributed by atoms with Crippen molar-refractivity contribution in [3.05, 3.63) is 27.7 Å². The van der Waals surface area contributed by atoms with Gasteiger partial charge in [-0.25, -0.2) is 0 Å². The predicted octanol–water partition coefficient (Wildman–Crippen LogP) is 3.62. The van der Waals surface area contributed by atoms with Crippen LogP contribution in [0.15, 0.2) is 12.1 Å². The fraction of sp³-hybridized carbons (Fsp3) is 0.429. The largest absolute Gasteiger partial charge is 0.399 e. The van der Waals surface area contributed by atoms with Gasteiger partial charge in [0.25, 0.3) is 0 Å². The molecule has 5 heteroatoms. The molecule has 0 aliphatic heterocycles. The number of ketones is 2. The lowest BCUT2D eigenvalue weighted by molar-refractivity contribution is -0.135. The summed E-state index contributed by atoms with van der Waals surface area (Å²) in [4.78, 5) is 24.5. The quantitative estimate of drug-likeness (QED) is 0.636. The molecule has 19 heavy (non-hydrogen) atoms. The minimum absolute atomic E-state index is 0.130. The molecular formula is C14H15Cl2NO2. The van der Waals surface area contributed by atoms with Gasteiger partial charge in [-0.1, -0.05) is 37.0 Å². The Morgan fingerprint density at radius 3 is 1.95 bits per heavy atom. The Morgan fingerprint density at radius 1 is 1.11 bits per heavy atom. The van der Waals surface area contributed by atoms with Gasteiger partial charge in [-0.2, -0.15) is 0 Å². The van der Waals surface area contributed by atoms with E-state index in [9.17, 15) is 9.59 Å². The SMILES string of the molecule is CC1(C)CC(=O)C(c2c(Cl)cc(N)cc2Cl)C(=O)C1. The standard InChI is InChI=1S/C14H15Cl2NO2/c1-14(2)5-10(18)13(11(19)6-14)12-8(15)3-7(17)4-9(12)16/h3-4,13H,5-6,17H2,1-2H3. The lowest BCUT2D eigenvalue weighted by Gasteiger charge is -2.32. The molecule has 2 N–H and O–H groups in total. The molecule has 2 rings (SSSR count). The second-order valence-corrected chi connectivity index (χ2v) is 6.60. The second-order valence-electron chi connectivity index (χ2n) is 5.78. The highest BCUT2D eigenvalue weighted by atomic mass is 35.5. The highest BCUT2D eigenvalue weighted by Crippen LogP contribution is 2.42. The van der Waals surface area contributed by atoms with Crippen LogP contribution in [0.1, 0.15) is 38.2 Å². The summed E-state index contributed by atoms with van der Waals surface area (Å²) in [6.45, 7) is 3.82. The number of hydrogen-bond donors (Lipinski definition) is 1. The molecule has 102 valence electrons. The van der Waals surface area contributed by atoms with E-state index >= 15 is 0 Å². The predicted molar refractivity (Wildman–Crippen MR) is 76.6 cm³/mol. The van der Waals surface area contributed by atoms with Gasteiger partial charge >= 0.3 is 0 Å². The third-order valence-electron chi connectivity index (χ3n) is 3.34. The van der Waals surface area contributed by atoms with Crippen LogP contribution < -0.4 is 5.73 Å². The van der Waals surface area contributed by atoms with Crippen molar-refractivity contribution < 1.29 is 9.59 Å². The Kier molecular flexibility index (Phi) is 3.63. The summed E-state index contributed by atoms with van der Waals surface area (Å²) < 4.78 is 0. The normalized spacial score (nSPS) is 19.8. The van der Waals surface area contributed by atoms with Gasteiger partial charge < -0.3 is 5.73 Å². The number of halogens is 2. The molecule has 1 saturated carbocycles. The Hall–Kier alpha value is -1.06. The van der Waals surface area contributed by atoms with E-state index in [0.29, 0.717) is 24.1 Å². The number of anilines is 1. The van der Waals surface area contributed by atoms with Gasteiger partial charge in [0.1, 0.15) is 17.5 Å². The molecule has 0 aromatic heterocycles. The number of Topliss-reactive ketones (excluding diaryl/α,β-unsaturated/α-hetero) is 2. The van der Waals surface area contributed by atoms with Gasteiger partial charge in [-0.3, -0.25) is 9.59 Å². The first-order chi connectivity index (χ1) is 8.71. The summed E-state index contributed by atoms with van der Waals surface area (Å²) in [5.74, 6) is -1.11. The van der Waals surface area contributed by atoms with Gasteiger partial charge in [-0.15, -0.1) is 0 Å². The van der Waals surface area contributed by atoms with Crippen LogP contribution in [0.3, 0.4) is 0 Å². The summed E-state index contributed by atoms with van der Waals surface area (Å²) in [5, 5.41) is 0.549. The lowest BCUT2D eigenvalue weighted by Crippen LogP contribution is -2.36. The Morgan fingerprint density at radius 2 is 1.53 bits per heavy atom. The molecule has 0 saturated heterocycles. The molecule has 3 nitrogen and oxygen atoms in total. The third-order valence-corrected chi connectivity index (χ3v) is 3.96. The van der Waals surface area contributed by atoms with E-state index in [-0.39, 0.29) is 27.0 Å². The van der Waals surface area contributed by atoms with E-state index in [1.807, 2.05) is 13.8 Å². The molecule has 0 atom stereocenters. The van der Waals surface area contributed by atoms with Crippen LogP contribution in [-0.2, 0) is 9.59 Å². The average Bonchev–Trinajstić information content (AvgIpc) is 2.18. The van der Waals surface area contributed by atoms with E-state index < -0.39 is 5.92 Å². The first-order valence-electron chi connectivity index (χ1n) is 6.01. The van der Waals surface area contributed by atoms with Crippen LogP contribution in [-0.4, -0.2) is 11.6 Å². The number of rotatable bonds is 1. The van der Waals surface area contributed by atoms with E-state index in [1.165, 1.54) is 12.1 Å². The number of nitrogens with two attached hydrogens (primary N) is 1. The molecule has 0 radical (unpaired) electrons. The third kappa shape index (κ3) is 2.77. The van der Waals surface area contributed by atoms with Crippen LogP contribution in [0.25, 0.3) is 0 Å². The maximum atomic E-state index is 12.2. The Bertz CT molecular complexity index is 524. The molecule has 0 amide bonds. The Balaban J connectivity index is 2.48. The fourth-order valence-electron chi connectivity index (χ4n) is 2.59. The van der Waals surface area contributed by atoms with Crippen LogP contribution in [0.4, 0.5) is 5.69 Å². The van der Waals surface area contributed by atoms with Crippen LogP contribution in [0.5, 0.6) is 0 Å². The number of carbonyl (C=O) groups is 2. The van der Waals surface area contributed by atoms with Crippen molar-refractivity contribution >= 4 is 40.5 Å². The van der Waals surface area contributed by atoms with Crippen LogP contribution >= 0.6 is 23.2 Å². The number of carbonyl (C=O) groups excluding carboxylic acids is 2. The zero-order chi connectivity index (χ0) is 14.4. The second kappa shape index (κ2) is 4.80. The minimum Gasteiger partial charge on any atom is -0.399 e. The van der Waals surface area contributed by atoms with Crippen molar-refractivity contribution in [2.75, 3.05) is 5.73 Å². The summed E-state index contributed by atoms with van der Waals surface area (Å²) in [6, 6.07) is 3.03. The van der Waals surface area contributed by atoms with Crippen molar-refractivity contribution in [1.29, 1.82) is 0 Å². The number of nitrogen functional groups attached to an aromatic ring is 1. The molecule has 1 fully saturated rings. The average molecular weight is 300 g/mol. The van der Waals surface area contributed by atoms with E-state index in [0.717, 1.165) is 0 Å². The molecule has 1 aromatic carbocycles. The van der Waals surface area contributed by atoms with Gasteiger partial charge in [0.2, 0.25) is 0 Å². The van der Waals surface area contributed by atoms with Gasteiger partial charge in [0, 0.05) is 34.1 Å². The lowest BCUT2D eigenvalue weighted by atomic mass is 9.69. The Labute approximate surface area is 122 Å². The summed E-state index contributed by atoms with van der Waals surface area (Å²) in [5.41, 5.74) is 6.14. The highest BCUT2D eigenvalue weighted by molar-refractivity contribution is 6.37. The van der Waals surface area contributed by atoms with Crippen molar-refractivity contribution in [1.82, 2.24) is 0 Å². The van der Waals surface area contributed by atoms with Crippen LogP contribution in [0, 0.1) is 5.41 Å². The van der Waals surface area contributed by atoms with Crippen molar-refractivity contribution in [2.24, 2.45) is 5.41 Å². The molecular weight excluding hydrogens is 285 g/mol. The zero-order valence-electron chi connectivity index (χ0n) is 10.8. The van der Waals surface area contributed by atoms with Crippen molar-refractivity contribution in [3.8, 4) is 0 Å². The van der Waals surface area contributed by atoms with E-state index in [2.05, 4.69) is 0 Å². The van der Waals surface area contributed by atoms with Gasteiger partial charge in [-0.05, 0) is 17.5 Å². The molecule has 1 aliphatic carbocycles. The maximum absolute atomic E-state index is 12.2. The zero-order valence-corrected chi connectivity index (χ0v) is 12.3. The molecule has 0 heterocycles. The van der Waals surface area contributed by atoms with E-state index in [4.69, 9.17) is 28.9 Å². The molecule has 0 spiro atoms. The van der Waals surface area contributed by atoms with E-state index in [1.54, 1.807) is 0 Å². The maximum Gasteiger partial charge on any atom is 0.148 e. The monoisotopic (exact) mass is 299 g/mol. The summed E-state index contributed by atoms with van der Waals surface area (Å²) in [6.07, 6.45) is 0.695. The minimum atomic E-state index is -0.853. The molecule has 0 unspecified atom stereocenters. The number of benzene rings is 1. The first kappa shape index (κ1) is 14.4. The van der Waals surface area contributed by atoms with Gasteiger partial charge in [0.15, 0.2) is 0 Å². The topological polar surface area (TPSA) is 60.2 Å². The van der Waals surface area contributed by atoms with Crippen LogP contribution in [0.2, 0.25) is 10.0 Å². The first-order valence-corrected chi connectivity index (χ1v) is 6.77. The summed E-state index contributed by atoms with van der Waals surface area (Å²) in [7, 11) is 0. The van der Waals surface area contributed by atoms with Gasteiger partial charge in [0.05, 0.1) is 0 Å². The molecule has 1 aliphatic rings. The molecule has 0 bridgehead atoms. The molecule has 1 aromatic rings. The highest BCUT2D eigenvalue weighted by Gasteiger charge is 2.41. The smallest absolute Gasteiger partial charge is 0.148 e. The van der Waals surface area contributed by atoms with Crippen molar-refractivity contribution in [3.63, 3.8) is 0 Å². The summed E-state index contributed by atoms with van der Waals surface area (Å²) >= 11 is 12.2.